The standard InChI is InChI=1S/C16H10N2O3/c19-18(20)16-15(11-6-2-4-8-14(11)21-16)12-9-17-13-7-3-1-5-10(12)13/h1-9,17H. The summed E-state index contributed by atoms with van der Waals surface area (Å²) < 4.78 is 5.42. The molecule has 102 valence electrons. The Hall–Kier alpha value is -3.08. The molecule has 0 atom stereocenters. The number of nitrogens with zero attached hydrogens (tertiary/aromatic N) is 1. The minimum absolute atomic E-state index is 0.221. The largest absolute Gasteiger partial charge is 0.442 e. The van der Waals surface area contributed by atoms with Crippen LogP contribution in [0.15, 0.2) is 59.1 Å². The maximum Gasteiger partial charge on any atom is 0.442 e. The van der Waals surface area contributed by atoms with Crippen LogP contribution in [0, 0.1) is 10.1 Å². The third kappa shape index (κ3) is 1.64. The van der Waals surface area contributed by atoms with Crippen molar-refractivity contribution in [1.29, 1.82) is 0 Å². The molecule has 2 aromatic carbocycles. The Morgan fingerprint density at radius 2 is 1.71 bits per heavy atom. The topological polar surface area (TPSA) is 72.1 Å². The summed E-state index contributed by atoms with van der Waals surface area (Å²) in [7, 11) is 0. The SMILES string of the molecule is O=[N+]([O-])c1oc2ccccc2c1-c1c[nH]c2ccccc12. The Balaban J connectivity index is 2.14. The molecule has 0 aliphatic rings. The van der Waals surface area contributed by atoms with Crippen molar-refractivity contribution >= 4 is 27.8 Å². The lowest BCUT2D eigenvalue weighted by Crippen LogP contribution is -1.87. The molecule has 0 unspecified atom stereocenters. The number of rotatable bonds is 2. The summed E-state index contributed by atoms with van der Waals surface area (Å²) in [6.45, 7) is 0. The minimum Gasteiger partial charge on any atom is -0.400 e. The third-order valence-electron chi connectivity index (χ3n) is 3.60. The molecule has 0 amide bonds. The smallest absolute Gasteiger partial charge is 0.400 e. The van der Waals surface area contributed by atoms with Gasteiger partial charge in [-0.05, 0) is 12.1 Å². The van der Waals surface area contributed by atoms with Gasteiger partial charge in [-0.2, -0.15) is 0 Å². The fourth-order valence-electron chi connectivity index (χ4n) is 2.70. The minimum atomic E-state index is -0.475. The van der Waals surface area contributed by atoms with Gasteiger partial charge in [-0.15, -0.1) is 0 Å². The predicted octanol–water partition coefficient (Wildman–Crippen LogP) is 4.49. The molecule has 0 bridgehead atoms. The number of H-pyrrole nitrogens is 1. The predicted molar refractivity (Wildman–Crippen MR) is 80.2 cm³/mol. The fourth-order valence-corrected chi connectivity index (χ4v) is 2.70. The summed E-state index contributed by atoms with van der Waals surface area (Å²) >= 11 is 0. The van der Waals surface area contributed by atoms with E-state index in [4.69, 9.17) is 4.42 Å². The van der Waals surface area contributed by atoms with E-state index in [-0.39, 0.29) is 5.88 Å². The maximum atomic E-state index is 11.3. The highest BCUT2D eigenvalue weighted by atomic mass is 16.6. The van der Waals surface area contributed by atoms with Crippen molar-refractivity contribution in [2.24, 2.45) is 0 Å². The first-order chi connectivity index (χ1) is 10.3. The van der Waals surface area contributed by atoms with Crippen LogP contribution in [0.4, 0.5) is 5.88 Å². The number of aromatic nitrogens is 1. The number of hydrogen-bond donors (Lipinski definition) is 1. The Bertz CT molecular complexity index is 981. The molecule has 0 aliphatic heterocycles. The number of fused-ring (bicyclic) bond motifs is 2. The summed E-state index contributed by atoms with van der Waals surface area (Å²) in [4.78, 5) is 14.0. The van der Waals surface area contributed by atoms with E-state index in [1.165, 1.54) is 0 Å². The van der Waals surface area contributed by atoms with E-state index in [2.05, 4.69) is 4.98 Å². The zero-order chi connectivity index (χ0) is 14.4. The Kier molecular flexibility index (Phi) is 2.35. The lowest BCUT2D eigenvalue weighted by atomic mass is 10.0. The molecule has 0 spiro atoms. The van der Waals surface area contributed by atoms with Crippen molar-refractivity contribution < 1.29 is 9.34 Å². The van der Waals surface area contributed by atoms with Gasteiger partial charge in [0.1, 0.15) is 16.1 Å². The van der Waals surface area contributed by atoms with E-state index in [0.29, 0.717) is 11.1 Å². The molecule has 0 aliphatic carbocycles. The highest BCUT2D eigenvalue weighted by Crippen LogP contribution is 2.42. The normalized spacial score (nSPS) is 11.2. The highest BCUT2D eigenvalue weighted by molar-refractivity contribution is 6.06. The molecule has 1 N–H and O–H groups in total. The second-order valence-corrected chi connectivity index (χ2v) is 4.78. The number of nitro groups is 1. The van der Waals surface area contributed by atoms with Gasteiger partial charge in [0, 0.05) is 28.0 Å². The van der Waals surface area contributed by atoms with E-state index in [1.54, 1.807) is 18.3 Å². The summed E-state index contributed by atoms with van der Waals surface area (Å²) in [5.74, 6) is -0.221. The highest BCUT2D eigenvalue weighted by Gasteiger charge is 2.26. The van der Waals surface area contributed by atoms with Crippen LogP contribution >= 0.6 is 0 Å². The van der Waals surface area contributed by atoms with Gasteiger partial charge in [-0.3, -0.25) is 10.1 Å². The molecule has 2 heterocycles. The summed E-state index contributed by atoms with van der Waals surface area (Å²) in [6.07, 6.45) is 1.79. The third-order valence-corrected chi connectivity index (χ3v) is 3.60. The number of benzene rings is 2. The first-order valence-electron chi connectivity index (χ1n) is 6.48. The van der Waals surface area contributed by atoms with Crippen molar-refractivity contribution in [2.75, 3.05) is 0 Å². The van der Waals surface area contributed by atoms with Crippen LogP contribution in [0.3, 0.4) is 0 Å². The molecular weight excluding hydrogens is 268 g/mol. The van der Waals surface area contributed by atoms with Gasteiger partial charge in [0.05, 0.1) is 0 Å². The fraction of sp³-hybridized carbons (Fsp3) is 0. The van der Waals surface area contributed by atoms with Crippen LogP contribution < -0.4 is 0 Å². The number of furan rings is 1. The van der Waals surface area contributed by atoms with Crippen molar-refractivity contribution in [3.8, 4) is 11.1 Å². The first kappa shape index (κ1) is 11.7. The maximum absolute atomic E-state index is 11.3. The van der Waals surface area contributed by atoms with E-state index in [0.717, 1.165) is 21.9 Å². The number of aromatic amines is 1. The van der Waals surface area contributed by atoms with Crippen molar-refractivity contribution in [1.82, 2.24) is 4.98 Å². The second kappa shape index (κ2) is 4.21. The molecular formula is C16H10N2O3. The Morgan fingerprint density at radius 3 is 2.52 bits per heavy atom. The van der Waals surface area contributed by atoms with Crippen LogP contribution in [0.1, 0.15) is 0 Å². The van der Waals surface area contributed by atoms with Crippen LogP contribution in [-0.2, 0) is 0 Å². The van der Waals surface area contributed by atoms with Crippen LogP contribution in [-0.4, -0.2) is 9.91 Å². The van der Waals surface area contributed by atoms with Gasteiger partial charge in [-0.25, -0.2) is 0 Å². The van der Waals surface area contributed by atoms with Crippen molar-refractivity contribution in [3.05, 3.63) is 64.8 Å². The summed E-state index contributed by atoms with van der Waals surface area (Å²) in [5.41, 5.74) is 2.76. The molecule has 0 saturated carbocycles. The van der Waals surface area contributed by atoms with Crippen LogP contribution in [0.2, 0.25) is 0 Å². The van der Waals surface area contributed by atoms with Gasteiger partial charge in [0.15, 0.2) is 0 Å². The van der Waals surface area contributed by atoms with Crippen molar-refractivity contribution in [3.63, 3.8) is 0 Å². The average Bonchev–Trinajstić information content (AvgIpc) is 3.07. The second-order valence-electron chi connectivity index (χ2n) is 4.78. The molecule has 4 aromatic rings. The summed E-state index contributed by atoms with van der Waals surface area (Å²) in [6, 6.07) is 14.9. The molecule has 0 fully saturated rings. The molecule has 0 saturated heterocycles. The van der Waals surface area contributed by atoms with Crippen LogP contribution in [0.25, 0.3) is 33.0 Å². The molecule has 5 nitrogen and oxygen atoms in total. The molecule has 2 aromatic heterocycles. The van der Waals surface area contributed by atoms with E-state index in [1.807, 2.05) is 36.4 Å². The van der Waals surface area contributed by atoms with Crippen molar-refractivity contribution in [2.45, 2.75) is 0 Å². The van der Waals surface area contributed by atoms with Gasteiger partial charge in [-0.1, -0.05) is 36.4 Å². The molecule has 5 heteroatoms. The monoisotopic (exact) mass is 278 g/mol. The lowest BCUT2D eigenvalue weighted by Gasteiger charge is -1.96. The number of hydrogen-bond acceptors (Lipinski definition) is 3. The number of para-hydroxylation sites is 2. The zero-order valence-electron chi connectivity index (χ0n) is 10.9. The lowest BCUT2D eigenvalue weighted by molar-refractivity contribution is -0.400. The average molecular weight is 278 g/mol. The zero-order valence-corrected chi connectivity index (χ0v) is 10.9. The molecule has 0 radical (unpaired) electrons. The Morgan fingerprint density at radius 1 is 1.00 bits per heavy atom. The molecule has 4 rings (SSSR count). The van der Waals surface area contributed by atoms with E-state index >= 15 is 0 Å². The molecule has 21 heavy (non-hydrogen) atoms. The van der Waals surface area contributed by atoms with Gasteiger partial charge < -0.3 is 9.40 Å². The quantitative estimate of drug-likeness (QED) is 0.433. The van der Waals surface area contributed by atoms with Gasteiger partial charge in [0.25, 0.3) is 0 Å². The number of nitrogens with one attached hydrogen (secondary N) is 1. The van der Waals surface area contributed by atoms with E-state index < -0.39 is 4.92 Å². The van der Waals surface area contributed by atoms with Crippen LogP contribution in [0.5, 0.6) is 0 Å². The van der Waals surface area contributed by atoms with E-state index in [9.17, 15) is 10.1 Å². The van der Waals surface area contributed by atoms with Gasteiger partial charge >= 0.3 is 5.88 Å². The van der Waals surface area contributed by atoms with Gasteiger partial charge in [0.2, 0.25) is 0 Å². The Labute approximate surface area is 119 Å². The first-order valence-corrected chi connectivity index (χ1v) is 6.48. The summed E-state index contributed by atoms with van der Waals surface area (Å²) in [5, 5.41) is 13.0.